The first kappa shape index (κ1) is 18.0. The van der Waals surface area contributed by atoms with E-state index in [1.807, 2.05) is 37.5 Å². The van der Waals surface area contributed by atoms with Crippen LogP contribution in [0.1, 0.15) is 10.4 Å². The Bertz CT molecular complexity index is 1570. The van der Waals surface area contributed by atoms with Crippen molar-refractivity contribution in [2.24, 2.45) is 0 Å². The van der Waals surface area contributed by atoms with E-state index < -0.39 is 0 Å². The smallest absolute Gasteiger partial charge is 0.161 e. The number of hydrogen-bond acceptors (Lipinski definition) is 5. The molecule has 0 spiro atoms. The van der Waals surface area contributed by atoms with Crippen molar-refractivity contribution in [3.05, 3.63) is 71.4 Å². The summed E-state index contributed by atoms with van der Waals surface area (Å²) in [6.45, 7) is 4.15. The van der Waals surface area contributed by atoms with Gasteiger partial charge in [0.2, 0.25) is 0 Å². The molecule has 5 aromatic heterocycles. The van der Waals surface area contributed by atoms with Crippen molar-refractivity contribution in [3.8, 4) is 33.2 Å². The standard InChI is InChI=1S/C24H18N6S/c1-13-10-15(12-25-11-13)17-7-8-19-22(26-17)23(30-29-19)24-27-18-5-3-4-16(21(18)28-24)20-9-6-14(2)31-20/h3-12H,1-2H3,(H,27,28)(H,29,30). The minimum atomic E-state index is 0.703. The molecule has 6 rings (SSSR count). The zero-order chi connectivity index (χ0) is 20.9. The number of para-hydroxylation sites is 1. The van der Waals surface area contributed by atoms with Gasteiger partial charge in [-0.3, -0.25) is 10.1 Å². The van der Waals surface area contributed by atoms with Crippen LogP contribution in [0.15, 0.2) is 60.9 Å². The van der Waals surface area contributed by atoms with Gasteiger partial charge in [0.15, 0.2) is 11.5 Å². The molecule has 0 fully saturated rings. The molecule has 150 valence electrons. The van der Waals surface area contributed by atoms with Crippen molar-refractivity contribution in [1.82, 2.24) is 30.1 Å². The average Bonchev–Trinajstić information content (AvgIpc) is 3.50. The third-order valence-electron chi connectivity index (χ3n) is 5.32. The lowest BCUT2D eigenvalue weighted by molar-refractivity contribution is 1.10. The topological polar surface area (TPSA) is 83.1 Å². The molecule has 0 bridgehead atoms. The first-order chi connectivity index (χ1) is 15.2. The monoisotopic (exact) mass is 422 g/mol. The van der Waals surface area contributed by atoms with E-state index in [0.717, 1.165) is 44.5 Å². The zero-order valence-electron chi connectivity index (χ0n) is 17.0. The summed E-state index contributed by atoms with van der Waals surface area (Å²) < 4.78 is 0. The Morgan fingerprint density at radius 3 is 2.65 bits per heavy atom. The highest BCUT2D eigenvalue weighted by atomic mass is 32.1. The fraction of sp³-hybridized carbons (Fsp3) is 0.0833. The van der Waals surface area contributed by atoms with E-state index in [4.69, 9.17) is 9.97 Å². The number of imidazole rings is 1. The van der Waals surface area contributed by atoms with Crippen molar-refractivity contribution >= 4 is 33.4 Å². The minimum absolute atomic E-state index is 0.703. The lowest BCUT2D eigenvalue weighted by Gasteiger charge is -2.02. The highest BCUT2D eigenvalue weighted by Gasteiger charge is 2.17. The maximum Gasteiger partial charge on any atom is 0.161 e. The molecule has 2 N–H and O–H groups in total. The van der Waals surface area contributed by atoms with Gasteiger partial charge in [-0.1, -0.05) is 12.1 Å². The molecule has 0 saturated heterocycles. The molecule has 0 amide bonds. The van der Waals surface area contributed by atoms with E-state index in [0.29, 0.717) is 11.5 Å². The largest absolute Gasteiger partial charge is 0.336 e. The number of aryl methyl sites for hydroxylation is 2. The highest BCUT2D eigenvalue weighted by Crippen LogP contribution is 2.34. The number of H-pyrrole nitrogens is 2. The van der Waals surface area contributed by atoms with Crippen LogP contribution in [0, 0.1) is 13.8 Å². The van der Waals surface area contributed by atoms with E-state index in [2.05, 4.69) is 57.4 Å². The van der Waals surface area contributed by atoms with Crippen LogP contribution >= 0.6 is 11.3 Å². The third kappa shape index (κ3) is 3.02. The van der Waals surface area contributed by atoms with Crippen molar-refractivity contribution < 1.29 is 0 Å². The molecule has 0 unspecified atom stereocenters. The summed E-state index contributed by atoms with van der Waals surface area (Å²) in [6, 6.07) is 16.6. The third-order valence-corrected chi connectivity index (χ3v) is 6.36. The second-order valence-corrected chi connectivity index (χ2v) is 8.90. The predicted molar refractivity (Wildman–Crippen MR) is 125 cm³/mol. The Morgan fingerprint density at radius 2 is 1.81 bits per heavy atom. The summed E-state index contributed by atoms with van der Waals surface area (Å²) in [5.41, 5.74) is 8.34. The Hall–Kier alpha value is -3.84. The number of benzene rings is 1. The lowest BCUT2D eigenvalue weighted by Crippen LogP contribution is -1.88. The number of fused-ring (bicyclic) bond motifs is 2. The molecule has 31 heavy (non-hydrogen) atoms. The summed E-state index contributed by atoms with van der Waals surface area (Å²) in [6.07, 6.45) is 3.67. The Kier molecular flexibility index (Phi) is 3.97. The van der Waals surface area contributed by atoms with Gasteiger partial charge in [-0.2, -0.15) is 5.10 Å². The van der Waals surface area contributed by atoms with Gasteiger partial charge in [-0.25, -0.2) is 9.97 Å². The number of pyridine rings is 2. The summed E-state index contributed by atoms with van der Waals surface area (Å²) in [5, 5.41) is 7.61. The number of nitrogens with zero attached hydrogens (tertiary/aromatic N) is 4. The molecule has 0 saturated carbocycles. The number of rotatable bonds is 3. The maximum absolute atomic E-state index is 4.92. The molecule has 6 nitrogen and oxygen atoms in total. The van der Waals surface area contributed by atoms with Gasteiger partial charge in [-0.15, -0.1) is 11.3 Å². The van der Waals surface area contributed by atoms with Gasteiger partial charge in [-0.05, 0) is 55.8 Å². The first-order valence-corrected chi connectivity index (χ1v) is 10.8. The molecule has 0 aliphatic heterocycles. The highest BCUT2D eigenvalue weighted by molar-refractivity contribution is 7.15. The zero-order valence-corrected chi connectivity index (χ0v) is 17.8. The molecule has 0 atom stereocenters. The molecule has 0 aliphatic rings. The van der Waals surface area contributed by atoms with Crippen LogP contribution < -0.4 is 0 Å². The van der Waals surface area contributed by atoms with Gasteiger partial charge in [0.25, 0.3) is 0 Å². The van der Waals surface area contributed by atoms with Crippen LogP contribution in [0.3, 0.4) is 0 Å². The van der Waals surface area contributed by atoms with Gasteiger partial charge in [0, 0.05) is 33.3 Å². The van der Waals surface area contributed by atoms with Crippen LogP contribution in [-0.2, 0) is 0 Å². The SMILES string of the molecule is Cc1cncc(-c2ccc3[nH]nc(-c4nc5c(-c6ccc(C)s6)cccc5[nH]4)c3n2)c1. The molecular weight excluding hydrogens is 404 g/mol. The fourth-order valence-electron chi connectivity index (χ4n) is 3.84. The van der Waals surface area contributed by atoms with E-state index >= 15 is 0 Å². The van der Waals surface area contributed by atoms with Gasteiger partial charge < -0.3 is 4.98 Å². The number of aromatic nitrogens is 6. The Balaban J connectivity index is 1.51. The van der Waals surface area contributed by atoms with E-state index in [9.17, 15) is 0 Å². The second-order valence-electron chi connectivity index (χ2n) is 7.61. The number of thiophene rings is 1. The molecule has 0 aliphatic carbocycles. The predicted octanol–water partition coefficient (Wildman–Crippen LogP) is 5.91. The normalized spacial score (nSPS) is 11.5. The fourth-order valence-corrected chi connectivity index (χ4v) is 4.74. The molecule has 5 heterocycles. The van der Waals surface area contributed by atoms with Crippen LogP contribution in [0.5, 0.6) is 0 Å². The van der Waals surface area contributed by atoms with Gasteiger partial charge in [0.05, 0.1) is 22.2 Å². The van der Waals surface area contributed by atoms with Crippen LogP contribution in [-0.4, -0.2) is 30.1 Å². The summed E-state index contributed by atoms with van der Waals surface area (Å²) in [5.74, 6) is 0.703. The molecule has 1 aromatic carbocycles. The van der Waals surface area contributed by atoms with Gasteiger partial charge in [0.1, 0.15) is 5.52 Å². The van der Waals surface area contributed by atoms with E-state index in [1.54, 1.807) is 11.3 Å². The number of nitrogens with one attached hydrogen (secondary N) is 2. The Labute approximate surface area is 182 Å². The van der Waals surface area contributed by atoms with Crippen LogP contribution in [0.4, 0.5) is 0 Å². The quantitative estimate of drug-likeness (QED) is 0.371. The van der Waals surface area contributed by atoms with Crippen molar-refractivity contribution in [2.75, 3.05) is 0 Å². The van der Waals surface area contributed by atoms with Crippen molar-refractivity contribution in [1.29, 1.82) is 0 Å². The summed E-state index contributed by atoms with van der Waals surface area (Å²) >= 11 is 1.77. The lowest BCUT2D eigenvalue weighted by atomic mass is 10.1. The summed E-state index contributed by atoms with van der Waals surface area (Å²) in [4.78, 5) is 20.0. The van der Waals surface area contributed by atoms with Crippen LogP contribution in [0.25, 0.3) is 55.3 Å². The second kappa shape index (κ2) is 6.85. The van der Waals surface area contributed by atoms with Crippen molar-refractivity contribution in [2.45, 2.75) is 13.8 Å². The van der Waals surface area contributed by atoms with E-state index in [1.165, 1.54) is 9.75 Å². The molecule has 7 heteroatoms. The number of hydrogen-bond donors (Lipinski definition) is 2. The molecule has 0 radical (unpaired) electrons. The molecule has 6 aromatic rings. The minimum Gasteiger partial charge on any atom is -0.336 e. The van der Waals surface area contributed by atoms with Gasteiger partial charge >= 0.3 is 0 Å². The van der Waals surface area contributed by atoms with Crippen molar-refractivity contribution in [3.63, 3.8) is 0 Å². The Morgan fingerprint density at radius 1 is 0.871 bits per heavy atom. The van der Waals surface area contributed by atoms with Crippen LogP contribution in [0.2, 0.25) is 0 Å². The average molecular weight is 423 g/mol. The maximum atomic E-state index is 4.92. The molecular formula is C24H18N6S. The van der Waals surface area contributed by atoms with E-state index in [-0.39, 0.29) is 0 Å². The first-order valence-electron chi connectivity index (χ1n) is 9.99. The summed E-state index contributed by atoms with van der Waals surface area (Å²) in [7, 11) is 0. The number of aromatic amines is 2.